The minimum absolute atomic E-state index is 0.306. The van der Waals surface area contributed by atoms with Crippen molar-refractivity contribution in [1.29, 1.82) is 0 Å². The molecule has 3 N–H and O–H groups in total. The van der Waals surface area contributed by atoms with E-state index in [0.29, 0.717) is 12.3 Å². The monoisotopic (exact) mass is 300 g/mol. The van der Waals surface area contributed by atoms with Crippen molar-refractivity contribution in [2.75, 3.05) is 0 Å². The molecule has 0 saturated heterocycles. The van der Waals surface area contributed by atoms with Gasteiger partial charge in [-0.2, -0.15) is 13.2 Å². The molecule has 1 aromatic carbocycles. The number of halogens is 3. The van der Waals surface area contributed by atoms with Crippen molar-refractivity contribution in [3.8, 4) is 0 Å². The first-order valence-corrected chi connectivity index (χ1v) is 6.55. The highest BCUT2D eigenvalue weighted by molar-refractivity contribution is 5.98. The molecule has 0 aromatic heterocycles. The van der Waals surface area contributed by atoms with E-state index in [1.54, 1.807) is 0 Å². The Kier molecular flexibility index (Phi) is 4.20. The summed E-state index contributed by atoms with van der Waals surface area (Å²) < 4.78 is 38.6. The van der Waals surface area contributed by atoms with Crippen molar-refractivity contribution < 1.29 is 22.8 Å². The predicted molar refractivity (Wildman–Crippen MR) is 69.2 cm³/mol. The van der Waals surface area contributed by atoms with Gasteiger partial charge in [-0.25, -0.2) is 0 Å². The largest absolute Gasteiger partial charge is 0.417 e. The second-order valence-corrected chi connectivity index (χ2v) is 5.15. The summed E-state index contributed by atoms with van der Waals surface area (Å²) in [4.78, 5) is 23.3. The molecule has 7 heteroatoms. The first-order valence-electron chi connectivity index (χ1n) is 6.55. The highest BCUT2D eigenvalue weighted by atomic mass is 19.4. The lowest BCUT2D eigenvalue weighted by molar-refractivity contribution is -0.137. The molecule has 4 nitrogen and oxygen atoms in total. The fourth-order valence-corrected chi connectivity index (χ4v) is 2.10. The average Bonchev–Trinajstić information content (AvgIpc) is 3.20. The zero-order chi connectivity index (χ0) is 15.6. The molecule has 0 bridgehead atoms. The first-order chi connectivity index (χ1) is 9.79. The standard InChI is InChI=1S/C14H15F3N2O2/c15-14(16,17)10-4-2-1-3-9(10)13(21)19-11(12(18)20)7-8-5-6-8/h1-4,8,11H,5-7H2,(H2,18,20)(H,19,21)/t11-/m0/s1. The number of primary amides is 1. The van der Waals surface area contributed by atoms with E-state index >= 15 is 0 Å². The number of nitrogens with two attached hydrogens (primary N) is 1. The Morgan fingerprint density at radius 2 is 1.90 bits per heavy atom. The van der Waals surface area contributed by atoms with Crippen LogP contribution in [-0.4, -0.2) is 17.9 Å². The van der Waals surface area contributed by atoms with E-state index in [9.17, 15) is 22.8 Å². The topological polar surface area (TPSA) is 72.2 Å². The third kappa shape index (κ3) is 3.96. The maximum absolute atomic E-state index is 12.9. The zero-order valence-corrected chi connectivity index (χ0v) is 11.1. The van der Waals surface area contributed by atoms with Crippen LogP contribution in [-0.2, 0) is 11.0 Å². The highest BCUT2D eigenvalue weighted by Gasteiger charge is 2.36. The van der Waals surface area contributed by atoms with Gasteiger partial charge in [-0.1, -0.05) is 25.0 Å². The van der Waals surface area contributed by atoms with Gasteiger partial charge in [-0.15, -0.1) is 0 Å². The lowest BCUT2D eigenvalue weighted by atomic mass is 10.0. The summed E-state index contributed by atoms with van der Waals surface area (Å²) in [6.07, 6.45) is -2.38. The van der Waals surface area contributed by atoms with Gasteiger partial charge in [0.25, 0.3) is 5.91 Å². The summed E-state index contributed by atoms with van der Waals surface area (Å²) in [5.41, 5.74) is 3.65. The lowest BCUT2D eigenvalue weighted by Gasteiger charge is -2.17. The van der Waals surface area contributed by atoms with Crippen LogP contribution in [0.5, 0.6) is 0 Å². The maximum atomic E-state index is 12.9. The molecule has 1 aliphatic rings. The van der Waals surface area contributed by atoms with Crippen LogP contribution in [0.2, 0.25) is 0 Å². The van der Waals surface area contributed by atoms with Crippen LogP contribution in [0.15, 0.2) is 24.3 Å². The highest BCUT2D eigenvalue weighted by Crippen LogP contribution is 2.34. The quantitative estimate of drug-likeness (QED) is 0.874. The van der Waals surface area contributed by atoms with E-state index in [1.165, 1.54) is 12.1 Å². The van der Waals surface area contributed by atoms with Gasteiger partial charge in [0.2, 0.25) is 5.91 Å². The minimum atomic E-state index is -4.63. The molecule has 2 rings (SSSR count). The average molecular weight is 300 g/mol. The van der Waals surface area contributed by atoms with Crippen LogP contribution in [0.4, 0.5) is 13.2 Å². The van der Waals surface area contributed by atoms with Gasteiger partial charge in [0.15, 0.2) is 0 Å². The van der Waals surface area contributed by atoms with Crippen molar-refractivity contribution in [2.45, 2.75) is 31.5 Å². The number of carbonyl (C=O) groups excluding carboxylic acids is 2. The third-order valence-electron chi connectivity index (χ3n) is 3.39. The molecule has 1 aromatic rings. The van der Waals surface area contributed by atoms with E-state index in [1.807, 2.05) is 0 Å². The molecule has 1 aliphatic carbocycles. The molecule has 21 heavy (non-hydrogen) atoms. The summed E-state index contributed by atoms with van der Waals surface area (Å²) in [6.45, 7) is 0. The summed E-state index contributed by atoms with van der Waals surface area (Å²) in [5.74, 6) is -1.37. The third-order valence-corrected chi connectivity index (χ3v) is 3.39. The van der Waals surface area contributed by atoms with E-state index in [-0.39, 0.29) is 0 Å². The summed E-state index contributed by atoms with van der Waals surface area (Å²) in [6, 6.07) is 3.51. The normalized spacial score (nSPS) is 16.3. The number of hydrogen-bond donors (Lipinski definition) is 2. The number of carbonyl (C=O) groups is 2. The Morgan fingerprint density at radius 3 is 2.43 bits per heavy atom. The minimum Gasteiger partial charge on any atom is -0.368 e. The van der Waals surface area contributed by atoms with Gasteiger partial charge in [0.05, 0.1) is 11.1 Å². The van der Waals surface area contributed by atoms with Crippen molar-refractivity contribution in [3.05, 3.63) is 35.4 Å². The fraction of sp³-hybridized carbons (Fsp3) is 0.429. The Hall–Kier alpha value is -2.05. The molecular weight excluding hydrogens is 285 g/mol. The van der Waals surface area contributed by atoms with Gasteiger partial charge in [0, 0.05) is 0 Å². The van der Waals surface area contributed by atoms with E-state index in [4.69, 9.17) is 5.73 Å². The summed E-state index contributed by atoms with van der Waals surface area (Å²) in [7, 11) is 0. The maximum Gasteiger partial charge on any atom is 0.417 e. The van der Waals surface area contributed by atoms with Gasteiger partial charge >= 0.3 is 6.18 Å². The van der Waals surface area contributed by atoms with Crippen LogP contribution >= 0.6 is 0 Å². The first kappa shape index (κ1) is 15.3. The molecule has 0 radical (unpaired) electrons. The molecule has 0 spiro atoms. The summed E-state index contributed by atoms with van der Waals surface area (Å²) >= 11 is 0. The Morgan fingerprint density at radius 1 is 1.29 bits per heavy atom. The van der Waals surface area contributed by atoms with E-state index < -0.39 is 35.2 Å². The van der Waals surface area contributed by atoms with E-state index in [2.05, 4.69) is 5.32 Å². The number of hydrogen-bond acceptors (Lipinski definition) is 2. The van der Waals surface area contributed by atoms with Crippen LogP contribution in [0.3, 0.4) is 0 Å². The molecule has 0 heterocycles. The second-order valence-electron chi connectivity index (χ2n) is 5.15. The molecule has 0 aliphatic heterocycles. The Bertz CT molecular complexity index is 553. The lowest BCUT2D eigenvalue weighted by Crippen LogP contribution is -2.45. The van der Waals surface area contributed by atoms with Crippen molar-refractivity contribution in [3.63, 3.8) is 0 Å². The molecule has 0 unspecified atom stereocenters. The Labute approximate surface area is 119 Å². The second kappa shape index (κ2) is 5.75. The predicted octanol–water partition coefficient (Wildman–Crippen LogP) is 2.09. The molecule has 1 atom stereocenters. The van der Waals surface area contributed by atoms with Gasteiger partial charge in [0.1, 0.15) is 6.04 Å². The van der Waals surface area contributed by atoms with Crippen LogP contribution in [0.1, 0.15) is 35.2 Å². The number of benzene rings is 1. The molecule has 114 valence electrons. The molecule has 1 fully saturated rings. The smallest absolute Gasteiger partial charge is 0.368 e. The Balaban J connectivity index is 2.17. The number of nitrogens with one attached hydrogen (secondary N) is 1. The van der Waals surface area contributed by atoms with Gasteiger partial charge < -0.3 is 11.1 Å². The van der Waals surface area contributed by atoms with Gasteiger partial charge in [-0.3, -0.25) is 9.59 Å². The zero-order valence-electron chi connectivity index (χ0n) is 11.1. The van der Waals surface area contributed by atoms with Crippen LogP contribution in [0, 0.1) is 5.92 Å². The van der Waals surface area contributed by atoms with Crippen molar-refractivity contribution in [1.82, 2.24) is 5.32 Å². The number of alkyl halides is 3. The van der Waals surface area contributed by atoms with E-state index in [0.717, 1.165) is 25.0 Å². The molecule has 2 amide bonds. The van der Waals surface area contributed by atoms with Crippen LogP contribution in [0.25, 0.3) is 0 Å². The number of rotatable bonds is 5. The SMILES string of the molecule is NC(=O)[C@H](CC1CC1)NC(=O)c1ccccc1C(F)(F)F. The van der Waals surface area contributed by atoms with Gasteiger partial charge in [-0.05, 0) is 24.5 Å². The van der Waals surface area contributed by atoms with Crippen LogP contribution < -0.4 is 11.1 Å². The molecule has 1 saturated carbocycles. The fourth-order valence-electron chi connectivity index (χ4n) is 2.10. The van der Waals surface area contributed by atoms with Crippen molar-refractivity contribution >= 4 is 11.8 Å². The molecular formula is C14H15F3N2O2. The summed E-state index contributed by atoms with van der Waals surface area (Å²) in [5, 5.41) is 2.30. The number of amides is 2. The van der Waals surface area contributed by atoms with Crippen molar-refractivity contribution in [2.24, 2.45) is 11.7 Å².